The van der Waals surface area contributed by atoms with Crippen molar-refractivity contribution >= 4 is 15.8 Å². The third-order valence-corrected chi connectivity index (χ3v) is 4.72. The molecule has 20 heavy (non-hydrogen) atoms. The van der Waals surface area contributed by atoms with E-state index in [-0.39, 0.29) is 23.8 Å². The van der Waals surface area contributed by atoms with Gasteiger partial charge < -0.3 is 9.72 Å². The molecule has 3 rings (SSSR count). The minimum Gasteiger partial charge on any atom is -0.456 e. The quantitative estimate of drug-likeness (QED) is 0.875. The zero-order valence-corrected chi connectivity index (χ0v) is 11.4. The molecule has 6 heteroatoms. The van der Waals surface area contributed by atoms with Gasteiger partial charge in [-0.2, -0.15) is 0 Å². The van der Waals surface area contributed by atoms with E-state index in [2.05, 4.69) is 4.98 Å². The van der Waals surface area contributed by atoms with Crippen LogP contribution in [0.4, 0.5) is 0 Å². The summed E-state index contributed by atoms with van der Waals surface area (Å²) in [6, 6.07) is 9.33. The summed E-state index contributed by atoms with van der Waals surface area (Å²) in [4.78, 5) is 14.8. The van der Waals surface area contributed by atoms with Gasteiger partial charge in [-0.15, -0.1) is 0 Å². The van der Waals surface area contributed by atoms with Crippen LogP contribution in [-0.2, 0) is 32.7 Å². The molecule has 1 aliphatic heterocycles. The molecule has 0 saturated carbocycles. The lowest BCUT2D eigenvalue weighted by Gasteiger charge is -2.04. The van der Waals surface area contributed by atoms with Crippen molar-refractivity contribution in [2.75, 3.05) is 0 Å². The van der Waals surface area contributed by atoms with Gasteiger partial charge in [0.05, 0.1) is 11.5 Å². The zero-order valence-electron chi connectivity index (χ0n) is 10.6. The number of esters is 1. The SMILES string of the molecule is O=C(OCc1ccccc1)c1[nH]cc2c1CS(=O)(=O)C2. The average molecular weight is 291 g/mol. The minimum absolute atomic E-state index is 0.00913. The fourth-order valence-electron chi connectivity index (χ4n) is 2.27. The van der Waals surface area contributed by atoms with E-state index in [0.717, 1.165) is 5.56 Å². The Morgan fingerprint density at radius 1 is 1.20 bits per heavy atom. The van der Waals surface area contributed by atoms with Crippen LogP contribution in [0.2, 0.25) is 0 Å². The Morgan fingerprint density at radius 2 is 1.95 bits per heavy atom. The monoisotopic (exact) mass is 291 g/mol. The highest BCUT2D eigenvalue weighted by Gasteiger charge is 2.31. The standard InChI is InChI=1S/C14H13NO4S/c16-14(19-7-10-4-2-1-3-5-10)13-12-9-20(17,18)8-11(12)6-15-13/h1-6,15H,7-9H2. The molecule has 0 unspecified atom stereocenters. The number of fused-ring (bicyclic) bond motifs is 1. The van der Waals surface area contributed by atoms with Crippen molar-refractivity contribution in [2.45, 2.75) is 18.1 Å². The minimum atomic E-state index is -3.11. The molecule has 0 spiro atoms. The maximum atomic E-state index is 12.0. The van der Waals surface area contributed by atoms with Gasteiger partial charge in [-0.05, 0) is 11.1 Å². The molecule has 0 aliphatic carbocycles. The lowest BCUT2D eigenvalue weighted by atomic mass is 10.2. The Morgan fingerprint density at radius 3 is 2.70 bits per heavy atom. The number of hydrogen-bond donors (Lipinski definition) is 1. The van der Waals surface area contributed by atoms with Crippen molar-refractivity contribution in [3.8, 4) is 0 Å². The molecular weight excluding hydrogens is 278 g/mol. The zero-order chi connectivity index (χ0) is 14.2. The first-order chi connectivity index (χ1) is 9.55. The van der Waals surface area contributed by atoms with Crippen LogP contribution in [-0.4, -0.2) is 19.4 Å². The molecule has 1 aromatic carbocycles. The first-order valence-corrected chi connectivity index (χ1v) is 7.98. The summed E-state index contributed by atoms with van der Waals surface area (Å²) in [6.45, 7) is 0.167. The molecule has 0 amide bonds. The molecule has 1 aromatic heterocycles. The summed E-state index contributed by atoms with van der Waals surface area (Å²) in [5, 5.41) is 0. The molecule has 0 fully saturated rings. The Bertz CT molecular complexity index is 747. The van der Waals surface area contributed by atoms with Gasteiger partial charge in [0.15, 0.2) is 9.84 Å². The highest BCUT2D eigenvalue weighted by molar-refractivity contribution is 7.90. The normalized spacial score (nSPS) is 15.8. The smallest absolute Gasteiger partial charge is 0.355 e. The van der Waals surface area contributed by atoms with E-state index in [4.69, 9.17) is 4.74 Å². The van der Waals surface area contributed by atoms with Crippen LogP contribution >= 0.6 is 0 Å². The molecule has 0 radical (unpaired) electrons. The second kappa shape index (κ2) is 4.79. The average Bonchev–Trinajstić information content (AvgIpc) is 2.92. The first-order valence-electron chi connectivity index (χ1n) is 6.16. The molecule has 0 bridgehead atoms. The summed E-state index contributed by atoms with van der Waals surface area (Å²) >= 11 is 0. The van der Waals surface area contributed by atoms with Crippen LogP contribution in [0.3, 0.4) is 0 Å². The fraction of sp³-hybridized carbons (Fsp3) is 0.214. The van der Waals surface area contributed by atoms with Crippen molar-refractivity contribution in [1.82, 2.24) is 4.98 Å². The number of benzene rings is 1. The Kier molecular flexibility index (Phi) is 3.10. The van der Waals surface area contributed by atoms with Gasteiger partial charge in [0, 0.05) is 11.8 Å². The van der Waals surface area contributed by atoms with Crippen molar-refractivity contribution in [2.24, 2.45) is 0 Å². The van der Waals surface area contributed by atoms with Gasteiger partial charge in [0.25, 0.3) is 0 Å². The largest absolute Gasteiger partial charge is 0.456 e. The Labute approximate surface area is 116 Å². The summed E-state index contributed by atoms with van der Waals surface area (Å²) in [5.74, 6) is -0.626. The van der Waals surface area contributed by atoms with Gasteiger partial charge in [-0.1, -0.05) is 30.3 Å². The summed E-state index contributed by atoms with van der Waals surface area (Å²) in [6.07, 6.45) is 1.57. The number of nitrogens with one attached hydrogen (secondary N) is 1. The van der Waals surface area contributed by atoms with E-state index in [9.17, 15) is 13.2 Å². The molecule has 1 aliphatic rings. The number of aromatic amines is 1. The topological polar surface area (TPSA) is 76.2 Å². The molecule has 104 valence electrons. The number of rotatable bonds is 3. The molecular formula is C14H13NO4S. The van der Waals surface area contributed by atoms with Crippen LogP contribution in [0.1, 0.15) is 27.2 Å². The second-order valence-electron chi connectivity index (χ2n) is 4.76. The number of ether oxygens (including phenoxy) is 1. The van der Waals surface area contributed by atoms with E-state index in [1.807, 2.05) is 30.3 Å². The van der Waals surface area contributed by atoms with Gasteiger partial charge in [-0.25, -0.2) is 13.2 Å². The highest BCUT2D eigenvalue weighted by atomic mass is 32.2. The Hall–Kier alpha value is -2.08. The lowest BCUT2D eigenvalue weighted by molar-refractivity contribution is 0.0465. The van der Waals surface area contributed by atoms with E-state index in [1.54, 1.807) is 6.20 Å². The van der Waals surface area contributed by atoms with E-state index < -0.39 is 15.8 Å². The number of sulfone groups is 1. The predicted octanol–water partition coefficient (Wildman–Crippen LogP) is 1.80. The van der Waals surface area contributed by atoms with Gasteiger partial charge >= 0.3 is 5.97 Å². The van der Waals surface area contributed by atoms with Gasteiger partial charge in [0.1, 0.15) is 12.3 Å². The van der Waals surface area contributed by atoms with Crippen molar-refractivity contribution in [3.05, 3.63) is 58.9 Å². The molecule has 1 N–H and O–H groups in total. The number of H-pyrrole nitrogens is 1. The molecule has 2 aromatic rings. The van der Waals surface area contributed by atoms with Crippen LogP contribution in [0.5, 0.6) is 0 Å². The third kappa shape index (κ3) is 2.46. The highest BCUT2D eigenvalue weighted by Crippen LogP contribution is 2.28. The number of carbonyl (C=O) groups excluding carboxylic acids is 1. The molecule has 0 saturated heterocycles. The number of carbonyl (C=O) groups is 1. The van der Waals surface area contributed by atoms with Crippen LogP contribution in [0.15, 0.2) is 36.5 Å². The first kappa shape index (κ1) is 12.9. The summed E-state index contributed by atoms with van der Waals surface area (Å²) < 4.78 is 28.3. The lowest BCUT2D eigenvalue weighted by Crippen LogP contribution is -2.09. The summed E-state index contributed by atoms with van der Waals surface area (Å²) in [5.41, 5.74) is 2.34. The fourth-order valence-corrected chi connectivity index (χ4v) is 3.88. The predicted molar refractivity (Wildman–Crippen MR) is 72.7 cm³/mol. The number of hydrogen-bond acceptors (Lipinski definition) is 4. The molecule has 2 heterocycles. The van der Waals surface area contributed by atoms with Crippen LogP contribution < -0.4 is 0 Å². The van der Waals surface area contributed by atoms with Gasteiger partial charge in [0.2, 0.25) is 0 Å². The van der Waals surface area contributed by atoms with Crippen molar-refractivity contribution in [1.29, 1.82) is 0 Å². The molecule has 0 atom stereocenters. The van der Waals surface area contributed by atoms with E-state index in [1.165, 1.54) is 0 Å². The van der Waals surface area contributed by atoms with E-state index >= 15 is 0 Å². The van der Waals surface area contributed by atoms with Crippen molar-refractivity contribution < 1.29 is 17.9 Å². The van der Waals surface area contributed by atoms with Crippen LogP contribution in [0, 0.1) is 0 Å². The summed E-state index contributed by atoms with van der Waals surface area (Å²) in [7, 11) is -3.11. The van der Waals surface area contributed by atoms with Gasteiger partial charge in [-0.3, -0.25) is 0 Å². The molecule has 5 nitrogen and oxygen atoms in total. The third-order valence-electron chi connectivity index (χ3n) is 3.24. The van der Waals surface area contributed by atoms with Crippen LogP contribution in [0.25, 0.3) is 0 Å². The maximum Gasteiger partial charge on any atom is 0.355 e. The van der Waals surface area contributed by atoms with E-state index in [0.29, 0.717) is 11.1 Å². The number of aromatic nitrogens is 1. The Balaban J connectivity index is 1.74. The van der Waals surface area contributed by atoms with Crippen molar-refractivity contribution in [3.63, 3.8) is 0 Å². The second-order valence-corrected chi connectivity index (χ2v) is 6.83. The maximum absolute atomic E-state index is 12.0.